The number of benzene rings is 1. The predicted octanol–water partition coefficient (Wildman–Crippen LogP) is 3.18. The van der Waals surface area contributed by atoms with E-state index in [4.69, 9.17) is 5.11 Å². The number of carbonyl (C=O) groups is 2. The molecule has 0 unspecified atom stereocenters. The Morgan fingerprint density at radius 3 is 2.62 bits per heavy atom. The molecule has 0 atom stereocenters. The maximum atomic E-state index is 13.3. The van der Waals surface area contributed by atoms with E-state index in [0.29, 0.717) is 12.5 Å². The summed E-state index contributed by atoms with van der Waals surface area (Å²) in [7, 11) is 0. The summed E-state index contributed by atoms with van der Waals surface area (Å²) in [5.41, 5.74) is -0.175. The highest BCUT2D eigenvalue weighted by Gasteiger charge is 2.28. The minimum Gasteiger partial charge on any atom is -0.478 e. The van der Waals surface area contributed by atoms with Gasteiger partial charge in [-0.25, -0.2) is 14.0 Å². The minimum absolute atomic E-state index is 0.0463. The van der Waals surface area contributed by atoms with Crippen LogP contribution in [-0.4, -0.2) is 34.6 Å². The van der Waals surface area contributed by atoms with Crippen molar-refractivity contribution >= 4 is 17.7 Å². The van der Waals surface area contributed by atoms with E-state index in [0.717, 1.165) is 25.0 Å². The zero-order valence-electron chi connectivity index (χ0n) is 12.1. The number of nitrogens with one attached hydrogen (secondary N) is 1. The first-order valence-electron chi connectivity index (χ1n) is 6.99. The molecule has 6 heteroatoms. The SMILES string of the molecule is CC(C)N(CC1CC1)C(=O)Nc1ccc(F)c(C(=O)O)c1. The third-order valence-corrected chi connectivity index (χ3v) is 3.48. The maximum Gasteiger partial charge on any atom is 0.338 e. The highest BCUT2D eigenvalue weighted by Crippen LogP contribution is 2.30. The van der Waals surface area contributed by atoms with Crippen LogP contribution < -0.4 is 5.32 Å². The first-order chi connectivity index (χ1) is 9.88. The van der Waals surface area contributed by atoms with Gasteiger partial charge in [0.05, 0.1) is 5.56 Å². The van der Waals surface area contributed by atoms with Crippen molar-refractivity contribution in [1.29, 1.82) is 0 Å². The van der Waals surface area contributed by atoms with Gasteiger partial charge in [0.15, 0.2) is 0 Å². The average Bonchev–Trinajstić information content (AvgIpc) is 3.21. The lowest BCUT2D eigenvalue weighted by Crippen LogP contribution is -2.41. The number of amides is 2. The summed E-state index contributed by atoms with van der Waals surface area (Å²) in [6.07, 6.45) is 2.27. The Labute approximate surface area is 122 Å². The molecule has 1 aromatic carbocycles. The number of hydrogen-bond acceptors (Lipinski definition) is 2. The van der Waals surface area contributed by atoms with Crippen LogP contribution in [0.5, 0.6) is 0 Å². The fourth-order valence-electron chi connectivity index (χ4n) is 2.07. The van der Waals surface area contributed by atoms with Gasteiger partial charge in [0.25, 0.3) is 0 Å². The minimum atomic E-state index is -1.36. The standard InChI is InChI=1S/C15H19FN2O3/c1-9(2)18(8-10-3-4-10)15(21)17-11-5-6-13(16)12(7-11)14(19)20/h5-7,9-10H,3-4,8H2,1-2H3,(H,17,21)(H,19,20). The molecule has 1 saturated carbocycles. The van der Waals surface area contributed by atoms with E-state index in [1.54, 1.807) is 4.90 Å². The molecule has 2 amide bonds. The number of carboxylic acids is 1. The third kappa shape index (κ3) is 3.93. The average molecular weight is 294 g/mol. The highest BCUT2D eigenvalue weighted by molar-refractivity contribution is 5.93. The monoisotopic (exact) mass is 294 g/mol. The van der Waals surface area contributed by atoms with Crippen molar-refractivity contribution in [3.63, 3.8) is 0 Å². The van der Waals surface area contributed by atoms with E-state index in [1.165, 1.54) is 6.07 Å². The number of carbonyl (C=O) groups excluding carboxylic acids is 1. The fraction of sp³-hybridized carbons (Fsp3) is 0.467. The zero-order valence-corrected chi connectivity index (χ0v) is 12.1. The van der Waals surface area contributed by atoms with Crippen molar-refractivity contribution < 1.29 is 19.1 Å². The van der Waals surface area contributed by atoms with Crippen LogP contribution in [0, 0.1) is 11.7 Å². The molecule has 1 aromatic rings. The van der Waals surface area contributed by atoms with E-state index in [9.17, 15) is 14.0 Å². The van der Waals surface area contributed by atoms with Gasteiger partial charge in [0.1, 0.15) is 5.82 Å². The Kier molecular flexibility index (Phi) is 4.45. The lowest BCUT2D eigenvalue weighted by molar-refractivity contribution is 0.0692. The van der Waals surface area contributed by atoms with Gasteiger partial charge in [0.2, 0.25) is 0 Å². The molecule has 0 aliphatic heterocycles. The summed E-state index contributed by atoms with van der Waals surface area (Å²) in [4.78, 5) is 24.9. The second-order valence-corrected chi connectivity index (χ2v) is 5.62. The number of aromatic carboxylic acids is 1. The molecule has 114 valence electrons. The molecular formula is C15H19FN2O3. The highest BCUT2D eigenvalue weighted by atomic mass is 19.1. The molecule has 0 bridgehead atoms. The van der Waals surface area contributed by atoms with Crippen molar-refractivity contribution in [3.8, 4) is 0 Å². The van der Waals surface area contributed by atoms with Gasteiger partial charge in [-0.05, 0) is 50.8 Å². The molecule has 0 spiro atoms. The number of anilines is 1. The number of hydrogen-bond donors (Lipinski definition) is 2. The van der Waals surface area contributed by atoms with Crippen LogP contribution in [0.4, 0.5) is 14.9 Å². The van der Waals surface area contributed by atoms with E-state index in [1.807, 2.05) is 13.8 Å². The normalized spacial score (nSPS) is 14.1. The molecule has 21 heavy (non-hydrogen) atoms. The van der Waals surface area contributed by atoms with E-state index in [2.05, 4.69) is 5.32 Å². The van der Waals surface area contributed by atoms with Crippen molar-refractivity contribution in [1.82, 2.24) is 4.90 Å². The number of rotatable bonds is 5. The Morgan fingerprint density at radius 2 is 2.10 bits per heavy atom. The van der Waals surface area contributed by atoms with Crippen molar-refractivity contribution in [3.05, 3.63) is 29.6 Å². The number of halogens is 1. The molecule has 0 radical (unpaired) electrons. The molecule has 1 fully saturated rings. The molecule has 0 heterocycles. The van der Waals surface area contributed by atoms with Crippen LogP contribution in [0.1, 0.15) is 37.0 Å². The van der Waals surface area contributed by atoms with E-state index in [-0.39, 0.29) is 17.8 Å². The van der Waals surface area contributed by atoms with Crippen LogP contribution >= 0.6 is 0 Å². The predicted molar refractivity (Wildman–Crippen MR) is 76.9 cm³/mol. The summed E-state index contributed by atoms with van der Waals surface area (Å²) in [5.74, 6) is -1.62. The Hall–Kier alpha value is -2.11. The van der Waals surface area contributed by atoms with Crippen LogP contribution in [0.2, 0.25) is 0 Å². The number of carboxylic acid groups (broad SMARTS) is 1. The number of urea groups is 1. The zero-order chi connectivity index (χ0) is 15.6. The molecule has 0 aromatic heterocycles. The van der Waals surface area contributed by atoms with Crippen molar-refractivity contribution in [2.75, 3.05) is 11.9 Å². The molecule has 0 saturated heterocycles. The first kappa shape index (κ1) is 15.3. The summed E-state index contributed by atoms with van der Waals surface area (Å²) >= 11 is 0. The largest absolute Gasteiger partial charge is 0.478 e. The van der Waals surface area contributed by atoms with Gasteiger partial charge < -0.3 is 15.3 Å². The molecular weight excluding hydrogens is 275 g/mol. The van der Waals surface area contributed by atoms with Gasteiger partial charge in [-0.1, -0.05) is 0 Å². The molecule has 1 aliphatic rings. The summed E-state index contributed by atoms with van der Waals surface area (Å²) < 4.78 is 13.3. The van der Waals surface area contributed by atoms with Crippen molar-refractivity contribution in [2.24, 2.45) is 5.92 Å². The van der Waals surface area contributed by atoms with Gasteiger partial charge in [-0.3, -0.25) is 0 Å². The molecule has 1 aliphatic carbocycles. The first-order valence-corrected chi connectivity index (χ1v) is 6.99. The summed E-state index contributed by atoms with van der Waals surface area (Å²) in [5, 5.41) is 11.5. The molecule has 2 rings (SSSR count). The smallest absolute Gasteiger partial charge is 0.338 e. The molecule has 5 nitrogen and oxygen atoms in total. The topological polar surface area (TPSA) is 69.6 Å². The lowest BCUT2D eigenvalue weighted by Gasteiger charge is -2.27. The Morgan fingerprint density at radius 1 is 1.43 bits per heavy atom. The summed E-state index contributed by atoms with van der Waals surface area (Å²) in [6, 6.07) is 3.28. The van der Waals surface area contributed by atoms with Crippen molar-refractivity contribution in [2.45, 2.75) is 32.7 Å². The van der Waals surface area contributed by atoms with Gasteiger partial charge in [0, 0.05) is 18.3 Å². The van der Waals surface area contributed by atoms with Gasteiger partial charge in [-0.15, -0.1) is 0 Å². The van der Waals surface area contributed by atoms with Crippen LogP contribution in [0.3, 0.4) is 0 Å². The van der Waals surface area contributed by atoms with E-state index < -0.39 is 17.3 Å². The van der Waals surface area contributed by atoms with Crippen LogP contribution in [-0.2, 0) is 0 Å². The lowest BCUT2D eigenvalue weighted by atomic mass is 10.2. The quantitative estimate of drug-likeness (QED) is 0.876. The second kappa shape index (κ2) is 6.11. The summed E-state index contributed by atoms with van der Waals surface area (Å²) in [6.45, 7) is 4.54. The van der Waals surface area contributed by atoms with Gasteiger partial charge in [-0.2, -0.15) is 0 Å². The number of nitrogens with zero attached hydrogens (tertiary/aromatic N) is 1. The van der Waals surface area contributed by atoms with Crippen LogP contribution in [0.25, 0.3) is 0 Å². The fourth-order valence-corrected chi connectivity index (χ4v) is 2.07. The third-order valence-electron chi connectivity index (χ3n) is 3.48. The van der Waals surface area contributed by atoms with Gasteiger partial charge >= 0.3 is 12.0 Å². The van der Waals surface area contributed by atoms with Crippen LogP contribution in [0.15, 0.2) is 18.2 Å². The van der Waals surface area contributed by atoms with E-state index >= 15 is 0 Å². The Bertz CT molecular complexity index is 556. The molecule has 2 N–H and O–H groups in total. The Balaban J connectivity index is 2.10. The maximum absolute atomic E-state index is 13.3. The second-order valence-electron chi connectivity index (χ2n) is 5.62.